The van der Waals surface area contributed by atoms with E-state index in [1.54, 1.807) is 12.1 Å². The zero-order valence-electron chi connectivity index (χ0n) is 12.5. The Balaban J connectivity index is 1.74. The van der Waals surface area contributed by atoms with E-state index in [1.807, 2.05) is 0 Å². The average Bonchev–Trinajstić information content (AvgIpc) is 2.81. The summed E-state index contributed by atoms with van der Waals surface area (Å²) < 4.78 is 28.0. The molecule has 21 heavy (non-hydrogen) atoms. The van der Waals surface area contributed by atoms with Crippen molar-refractivity contribution in [1.82, 2.24) is 9.62 Å². The normalized spacial score (nSPS) is 24.3. The standard InChI is InChI=1S/C14H23BrN2O2S2/c1-11-8-12(2)10-17(9-11)7-3-6-16-21(18,19)14-5-4-13(15)20-14/h4-5,11-12,16H,3,6-10H2,1-2H3/t11-,12+. The van der Waals surface area contributed by atoms with E-state index in [-0.39, 0.29) is 0 Å². The number of sulfonamides is 1. The molecule has 1 aromatic rings. The van der Waals surface area contributed by atoms with Gasteiger partial charge in [-0.05, 0) is 59.3 Å². The van der Waals surface area contributed by atoms with Crippen molar-refractivity contribution in [2.75, 3.05) is 26.2 Å². The van der Waals surface area contributed by atoms with Crippen LogP contribution in [0.2, 0.25) is 0 Å². The van der Waals surface area contributed by atoms with Crippen LogP contribution in [0.5, 0.6) is 0 Å². The summed E-state index contributed by atoms with van der Waals surface area (Å²) in [5.74, 6) is 1.49. The van der Waals surface area contributed by atoms with Crippen molar-refractivity contribution in [2.45, 2.75) is 30.9 Å². The van der Waals surface area contributed by atoms with E-state index < -0.39 is 10.0 Å². The third kappa shape index (κ3) is 5.32. The van der Waals surface area contributed by atoms with Crippen LogP contribution in [0.15, 0.2) is 20.1 Å². The highest BCUT2D eigenvalue weighted by Crippen LogP contribution is 2.25. The Kier molecular flexibility index (Phi) is 6.25. The minimum Gasteiger partial charge on any atom is -0.303 e. The molecule has 0 aliphatic carbocycles. The monoisotopic (exact) mass is 394 g/mol. The Morgan fingerprint density at radius 3 is 2.57 bits per heavy atom. The van der Waals surface area contributed by atoms with E-state index in [9.17, 15) is 8.42 Å². The quantitative estimate of drug-likeness (QED) is 0.753. The first-order valence-corrected chi connectivity index (χ1v) is 10.4. The first-order valence-electron chi connectivity index (χ1n) is 7.34. The van der Waals surface area contributed by atoms with Crippen molar-refractivity contribution in [3.05, 3.63) is 15.9 Å². The zero-order valence-corrected chi connectivity index (χ0v) is 15.7. The second kappa shape index (κ2) is 7.55. The van der Waals surface area contributed by atoms with Gasteiger partial charge in [-0.25, -0.2) is 13.1 Å². The van der Waals surface area contributed by atoms with Crippen LogP contribution in [-0.4, -0.2) is 39.5 Å². The Hall–Kier alpha value is 0.0500. The van der Waals surface area contributed by atoms with E-state index in [0.717, 1.165) is 41.7 Å². The van der Waals surface area contributed by atoms with Crippen molar-refractivity contribution < 1.29 is 8.42 Å². The van der Waals surface area contributed by atoms with Gasteiger partial charge in [0.1, 0.15) is 4.21 Å². The highest BCUT2D eigenvalue weighted by atomic mass is 79.9. The second-order valence-corrected chi connectivity index (χ2v) is 10.5. The lowest BCUT2D eigenvalue weighted by Gasteiger charge is -2.34. The Bertz CT molecular complexity index is 549. The van der Waals surface area contributed by atoms with E-state index in [1.165, 1.54) is 17.8 Å². The Morgan fingerprint density at radius 2 is 2.00 bits per heavy atom. The van der Waals surface area contributed by atoms with Gasteiger partial charge in [0.2, 0.25) is 10.0 Å². The lowest BCUT2D eigenvalue weighted by molar-refractivity contribution is 0.140. The smallest absolute Gasteiger partial charge is 0.250 e. The number of hydrogen-bond acceptors (Lipinski definition) is 4. The van der Waals surface area contributed by atoms with Crippen LogP contribution in [-0.2, 0) is 10.0 Å². The van der Waals surface area contributed by atoms with Crippen molar-refractivity contribution >= 4 is 37.3 Å². The molecule has 0 amide bonds. The summed E-state index contributed by atoms with van der Waals surface area (Å²) in [5.41, 5.74) is 0. The fourth-order valence-corrected chi connectivity index (χ4v) is 6.13. The van der Waals surface area contributed by atoms with Gasteiger partial charge in [-0.1, -0.05) is 13.8 Å². The molecule has 2 heterocycles. The maximum absolute atomic E-state index is 12.1. The van der Waals surface area contributed by atoms with E-state index in [2.05, 4.69) is 39.4 Å². The number of nitrogens with zero attached hydrogens (tertiary/aromatic N) is 1. The molecule has 1 aromatic heterocycles. The van der Waals surface area contributed by atoms with Crippen LogP contribution in [0.4, 0.5) is 0 Å². The molecule has 0 saturated carbocycles. The molecule has 1 saturated heterocycles. The van der Waals surface area contributed by atoms with E-state index in [4.69, 9.17) is 0 Å². The zero-order chi connectivity index (χ0) is 15.5. The lowest BCUT2D eigenvalue weighted by atomic mass is 9.92. The van der Waals surface area contributed by atoms with Gasteiger partial charge in [0, 0.05) is 19.6 Å². The molecule has 2 rings (SSSR count). The number of rotatable bonds is 6. The number of thiophene rings is 1. The average molecular weight is 395 g/mol. The summed E-state index contributed by atoms with van der Waals surface area (Å²) >= 11 is 4.53. The molecule has 0 radical (unpaired) electrons. The maximum Gasteiger partial charge on any atom is 0.250 e. The summed E-state index contributed by atoms with van der Waals surface area (Å²) in [7, 11) is -3.34. The topological polar surface area (TPSA) is 49.4 Å². The SMILES string of the molecule is C[C@@H]1C[C@H](C)CN(CCCNS(=O)(=O)c2ccc(Br)s2)C1. The van der Waals surface area contributed by atoms with Gasteiger partial charge in [-0.3, -0.25) is 0 Å². The van der Waals surface area contributed by atoms with Gasteiger partial charge in [0.15, 0.2) is 0 Å². The third-order valence-corrected chi connectivity index (χ3v) is 7.28. The summed E-state index contributed by atoms with van der Waals surface area (Å²) in [6.45, 7) is 8.31. The van der Waals surface area contributed by atoms with Crippen LogP contribution in [0, 0.1) is 11.8 Å². The molecule has 4 nitrogen and oxygen atoms in total. The number of likely N-dealkylation sites (tertiary alicyclic amines) is 1. The van der Waals surface area contributed by atoms with E-state index in [0.29, 0.717) is 10.8 Å². The predicted octanol–water partition coefficient (Wildman–Crippen LogP) is 3.16. The van der Waals surface area contributed by atoms with Crippen LogP contribution in [0.3, 0.4) is 0 Å². The van der Waals surface area contributed by atoms with Gasteiger partial charge >= 0.3 is 0 Å². The molecule has 0 aromatic carbocycles. The van der Waals surface area contributed by atoms with Gasteiger partial charge in [-0.2, -0.15) is 0 Å². The fourth-order valence-electron chi connectivity index (χ4n) is 3.00. The Morgan fingerprint density at radius 1 is 1.33 bits per heavy atom. The molecule has 1 aliphatic heterocycles. The molecular formula is C14H23BrN2O2S2. The molecule has 1 N–H and O–H groups in total. The minimum atomic E-state index is -3.34. The van der Waals surface area contributed by atoms with E-state index >= 15 is 0 Å². The van der Waals surface area contributed by atoms with Gasteiger partial charge < -0.3 is 4.90 Å². The summed E-state index contributed by atoms with van der Waals surface area (Å²) in [4.78, 5) is 2.45. The molecular weight excluding hydrogens is 372 g/mol. The number of halogens is 1. The highest BCUT2D eigenvalue weighted by Gasteiger charge is 2.21. The van der Waals surface area contributed by atoms with Gasteiger partial charge in [0.05, 0.1) is 3.79 Å². The number of nitrogens with one attached hydrogen (secondary N) is 1. The van der Waals surface area contributed by atoms with Crippen LogP contribution in [0.1, 0.15) is 26.7 Å². The fraction of sp³-hybridized carbons (Fsp3) is 0.714. The maximum atomic E-state index is 12.1. The number of hydrogen-bond donors (Lipinski definition) is 1. The third-order valence-electron chi connectivity index (χ3n) is 3.70. The Labute approximate surface area is 140 Å². The molecule has 1 fully saturated rings. The van der Waals surface area contributed by atoms with Crippen molar-refractivity contribution in [3.8, 4) is 0 Å². The molecule has 0 unspecified atom stereocenters. The van der Waals surface area contributed by atoms with Crippen LogP contribution in [0.25, 0.3) is 0 Å². The summed E-state index contributed by atoms with van der Waals surface area (Å²) in [6, 6.07) is 3.39. The second-order valence-electron chi connectivity index (χ2n) is 6.02. The van der Waals surface area contributed by atoms with Gasteiger partial charge in [-0.15, -0.1) is 11.3 Å². The van der Waals surface area contributed by atoms with Gasteiger partial charge in [0.25, 0.3) is 0 Å². The number of piperidine rings is 1. The minimum absolute atomic E-state index is 0.370. The molecule has 7 heteroatoms. The van der Waals surface area contributed by atoms with Crippen LogP contribution >= 0.6 is 27.3 Å². The molecule has 1 aliphatic rings. The molecule has 0 spiro atoms. The summed E-state index contributed by atoms with van der Waals surface area (Å²) in [6.07, 6.45) is 2.15. The van der Waals surface area contributed by atoms with Crippen molar-refractivity contribution in [3.63, 3.8) is 0 Å². The van der Waals surface area contributed by atoms with Crippen molar-refractivity contribution in [2.24, 2.45) is 11.8 Å². The van der Waals surface area contributed by atoms with Crippen LogP contribution < -0.4 is 4.72 Å². The largest absolute Gasteiger partial charge is 0.303 e. The first kappa shape index (κ1) is 17.4. The highest BCUT2D eigenvalue weighted by molar-refractivity contribution is 9.11. The molecule has 2 atom stereocenters. The van der Waals surface area contributed by atoms with Crippen molar-refractivity contribution in [1.29, 1.82) is 0 Å². The lowest BCUT2D eigenvalue weighted by Crippen LogP contribution is -2.40. The molecule has 120 valence electrons. The molecule has 0 bridgehead atoms. The first-order chi connectivity index (χ1) is 9.87. The summed E-state index contributed by atoms with van der Waals surface area (Å²) in [5, 5.41) is 0. The predicted molar refractivity (Wildman–Crippen MR) is 91.2 cm³/mol.